The summed E-state index contributed by atoms with van der Waals surface area (Å²) in [5.74, 6) is -0.581. The van der Waals surface area contributed by atoms with Crippen LogP contribution in [0.5, 0.6) is 0 Å². The minimum absolute atomic E-state index is 0.118. The Hall–Kier alpha value is -2.74. The molecular formula is C22H23BrN4O3. The molecule has 1 aliphatic carbocycles. The van der Waals surface area contributed by atoms with Crippen LogP contribution < -0.4 is 5.32 Å². The normalized spacial score (nSPS) is 13.6. The molecule has 1 saturated carbocycles. The lowest BCUT2D eigenvalue weighted by molar-refractivity contribution is -0.119. The lowest BCUT2D eigenvalue weighted by atomic mass is 10.1. The maximum absolute atomic E-state index is 12.8. The van der Waals surface area contributed by atoms with E-state index in [-0.39, 0.29) is 12.6 Å². The van der Waals surface area contributed by atoms with Gasteiger partial charge in [-0.05, 0) is 73.3 Å². The van der Waals surface area contributed by atoms with E-state index in [4.69, 9.17) is 9.72 Å². The molecule has 30 heavy (non-hydrogen) atoms. The number of hydrogen-bond acceptors (Lipinski definition) is 5. The molecule has 0 unspecified atom stereocenters. The highest BCUT2D eigenvalue weighted by Gasteiger charge is 2.28. The molecule has 0 atom stereocenters. The third-order valence-electron chi connectivity index (χ3n) is 5.02. The van der Waals surface area contributed by atoms with Gasteiger partial charge in [0.1, 0.15) is 0 Å². The highest BCUT2D eigenvalue weighted by Crippen LogP contribution is 2.40. The second kappa shape index (κ2) is 8.18. The van der Waals surface area contributed by atoms with Gasteiger partial charge in [0, 0.05) is 22.1 Å². The van der Waals surface area contributed by atoms with E-state index >= 15 is 0 Å². The Morgan fingerprint density at radius 2 is 2.07 bits per heavy atom. The van der Waals surface area contributed by atoms with Gasteiger partial charge in [0.2, 0.25) is 0 Å². The highest BCUT2D eigenvalue weighted by atomic mass is 79.9. The average molecular weight is 471 g/mol. The summed E-state index contributed by atoms with van der Waals surface area (Å²) in [6, 6.07) is 7.50. The van der Waals surface area contributed by atoms with E-state index in [1.807, 2.05) is 32.9 Å². The van der Waals surface area contributed by atoms with E-state index in [1.54, 1.807) is 23.0 Å². The molecule has 1 aliphatic rings. The average Bonchev–Trinajstić information content (AvgIpc) is 3.46. The van der Waals surface area contributed by atoms with Crippen LogP contribution in [0.4, 0.5) is 5.69 Å². The SMILES string of the molecule is Cc1ccc(NC(=O)COC(=O)c2cc(C3CC3)nc3c2cnn3C(C)C)c(Br)c1. The second-order valence-corrected chi connectivity index (χ2v) is 8.75. The van der Waals surface area contributed by atoms with Gasteiger partial charge in [-0.2, -0.15) is 5.10 Å². The van der Waals surface area contributed by atoms with E-state index in [2.05, 4.69) is 26.3 Å². The number of carbonyl (C=O) groups is 2. The first-order chi connectivity index (χ1) is 14.3. The number of hydrogen-bond donors (Lipinski definition) is 1. The molecule has 0 radical (unpaired) electrons. The third kappa shape index (κ3) is 4.23. The number of rotatable bonds is 6. The lowest BCUT2D eigenvalue weighted by Gasteiger charge is -2.11. The molecule has 8 heteroatoms. The number of carbonyl (C=O) groups excluding carboxylic acids is 2. The van der Waals surface area contributed by atoms with Crippen molar-refractivity contribution in [2.75, 3.05) is 11.9 Å². The summed E-state index contributed by atoms with van der Waals surface area (Å²) >= 11 is 3.42. The number of anilines is 1. The van der Waals surface area contributed by atoms with Gasteiger partial charge in [0.15, 0.2) is 12.3 Å². The van der Waals surface area contributed by atoms with Crippen molar-refractivity contribution in [2.45, 2.75) is 45.6 Å². The zero-order chi connectivity index (χ0) is 21.4. The molecule has 1 aromatic carbocycles. The fourth-order valence-corrected chi connectivity index (χ4v) is 3.88. The number of fused-ring (bicyclic) bond motifs is 1. The molecule has 4 rings (SSSR count). The molecule has 7 nitrogen and oxygen atoms in total. The predicted molar refractivity (Wildman–Crippen MR) is 118 cm³/mol. The van der Waals surface area contributed by atoms with Crippen molar-refractivity contribution in [3.63, 3.8) is 0 Å². The van der Waals surface area contributed by atoms with Gasteiger partial charge in [-0.3, -0.25) is 4.79 Å². The number of aromatic nitrogens is 3. The maximum Gasteiger partial charge on any atom is 0.339 e. The van der Waals surface area contributed by atoms with E-state index in [1.165, 1.54) is 0 Å². The number of aryl methyl sites for hydroxylation is 1. The maximum atomic E-state index is 12.8. The van der Waals surface area contributed by atoms with Crippen LogP contribution in [-0.2, 0) is 9.53 Å². The van der Waals surface area contributed by atoms with Gasteiger partial charge < -0.3 is 10.1 Å². The lowest BCUT2D eigenvalue weighted by Crippen LogP contribution is -2.21. The van der Waals surface area contributed by atoms with Crippen LogP contribution in [0.25, 0.3) is 11.0 Å². The molecule has 1 N–H and O–H groups in total. The summed E-state index contributed by atoms with van der Waals surface area (Å²) in [7, 11) is 0. The van der Waals surface area contributed by atoms with Gasteiger partial charge in [-0.1, -0.05) is 6.07 Å². The molecule has 1 amide bonds. The molecule has 0 spiro atoms. The second-order valence-electron chi connectivity index (χ2n) is 7.90. The van der Waals surface area contributed by atoms with Gasteiger partial charge in [0.25, 0.3) is 5.91 Å². The Balaban J connectivity index is 1.52. The standard InChI is InChI=1S/C22H23BrN4O3/c1-12(2)27-21-16(10-24-27)15(9-19(26-21)14-5-6-14)22(29)30-11-20(28)25-18-7-4-13(3)8-17(18)23/h4,7-10,12,14H,5-6,11H2,1-3H3,(H,25,28). The largest absolute Gasteiger partial charge is 0.452 e. The van der Waals surface area contributed by atoms with E-state index < -0.39 is 11.9 Å². The molecule has 2 heterocycles. The molecule has 3 aromatic rings. The number of nitrogens with one attached hydrogen (secondary N) is 1. The minimum atomic E-state index is -0.550. The van der Waals surface area contributed by atoms with E-state index in [9.17, 15) is 9.59 Å². The summed E-state index contributed by atoms with van der Waals surface area (Å²) in [5, 5.41) is 7.78. The summed E-state index contributed by atoms with van der Waals surface area (Å²) < 4.78 is 7.90. The minimum Gasteiger partial charge on any atom is -0.452 e. The van der Waals surface area contributed by atoms with Gasteiger partial charge in [-0.25, -0.2) is 14.5 Å². The first kappa shape index (κ1) is 20.5. The summed E-state index contributed by atoms with van der Waals surface area (Å²) in [6.45, 7) is 5.62. The topological polar surface area (TPSA) is 86.1 Å². The number of benzene rings is 1. The smallest absolute Gasteiger partial charge is 0.339 e. The number of halogens is 1. The first-order valence-corrected chi connectivity index (χ1v) is 10.7. The van der Waals surface area contributed by atoms with Gasteiger partial charge in [0.05, 0.1) is 22.8 Å². The third-order valence-corrected chi connectivity index (χ3v) is 5.68. The van der Waals surface area contributed by atoms with Crippen molar-refractivity contribution in [1.29, 1.82) is 0 Å². The monoisotopic (exact) mass is 470 g/mol. The number of amides is 1. The Labute approximate surface area is 182 Å². The fourth-order valence-electron chi connectivity index (χ4n) is 3.29. The van der Waals surface area contributed by atoms with Crippen LogP contribution in [-0.4, -0.2) is 33.2 Å². The van der Waals surface area contributed by atoms with E-state index in [0.717, 1.165) is 28.6 Å². The van der Waals surface area contributed by atoms with Crippen molar-refractivity contribution in [3.05, 3.63) is 51.8 Å². The van der Waals surface area contributed by atoms with Crippen molar-refractivity contribution in [3.8, 4) is 0 Å². The van der Waals surface area contributed by atoms with Gasteiger partial charge >= 0.3 is 5.97 Å². The van der Waals surface area contributed by atoms with Crippen molar-refractivity contribution < 1.29 is 14.3 Å². The molecule has 156 valence electrons. The summed E-state index contributed by atoms with van der Waals surface area (Å²) in [4.78, 5) is 29.9. The summed E-state index contributed by atoms with van der Waals surface area (Å²) in [6.07, 6.45) is 3.77. The van der Waals surface area contributed by atoms with Crippen molar-refractivity contribution >= 4 is 44.5 Å². The van der Waals surface area contributed by atoms with Crippen LogP contribution in [0.2, 0.25) is 0 Å². The van der Waals surface area contributed by atoms with Crippen LogP contribution in [0.15, 0.2) is 34.9 Å². The fraction of sp³-hybridized carbons (Fsp3) is 0.364. The highest BCUT2D eigenvalue weighted by molar-refractivity contribution is 9.10. The Bertz CT molecular complexity index is 1130. The predicted octanol–water partition coefficient (Wildman–Crippen LogP) is 4.76. The zero-order valence-corrected chi connectivity index (χ0v) is 18.7. The molecule has 1 fully saturated rings. The number of pyridine rings is 1. The molecule has 0 bridgehead atoms. The van der Waals surface area contributed by atoms with Crippen molar-refractivity contribution in [1.82, 2.24) is 14.8 Å². The molecule has 2 aromatic heterocycles. The number of esters is 1. The zero-order valence-electron chi connectivity index (χ0n) is 17.1. The quantitative estimate of drug-likeness (QED) is 0.524. The van der Waals surface area contributed by atoms with Crippen LogP contribution in [0, 0.1) is 6.92 Å². The van der Waals surface area contributed by atoms with Crippen LogP contribution >= 0.6 is 15.9 Å². The Morgan fingerprint density at radius 3 is 2.73 bits per heavy atom. The Kier molecular flexibility index (Phi) is 5.60. The number of nitrogens with zero attached hydrogens (tertiary/aromatic N) is 3. The van der Waals surface area contributed by atoms with Crippen molar-refractivity contribution in [2.24, 2.45) is 0 Å². The first-order valence-electron chi connectivity index (χ1n) is 9.94. The number of ether oxygens (including phenoxy) is 1. The Morgan fingerprint density at radius 1 is 1.30 bits per heavy atom. The van der Waals surface area contributed by atoms with Gasteiger partial charge in [-0.15, -0.1) is 0 Å². The van der Waals surface area contributed by atoms with Crippen LogP contribution in [0.1, 0.15) is 60.3 Å². The summed E-state index contributed by atoms with van der Waals surface area (Å²) in [5.41, 5.74) is 3.65. The van der Waals surface area contributed by atoms with Crippen LogP contribution in [0.3, 0.4) is 0 Å². The molecule has 0 saturated heterocycles. The molecular weight excluding hydrogens is 448 g/mol. The van der Waals surface area contributed by atoms with E-state index in [0.29, 0.717) is 28.2 Å². The molecule has 0 aliphatic heterocycles.